The largest absolute Gasteiger partial charge is 0.368 e. The van der Waals surface area contributed by atoms with Crippen LogP contribution < -0.4 is 115 Å². The number of hydrogen-bond acceptors (Lipinski definition) is 21. The molecule has 0 rings (SSSR count). The van der Waals surface area contributed by atoms with Gasteiger partial charge < -0.3 is 115 Å². The second-order valence-corrected chi connectivity index (χ2v) is 33.6. The highest BCUT2D eigenvalue weighted by atomic mass is 16.2. The van der Waals surface area contributed by atoms with Crippen molar-refractivity contribution in [1.82, 2.24) is 63.8 Å². The molecule has 0 bridgehead atoms. The van der Waals surface area contributed by atoms with Crippen LogP contribution in [0.1, 0.15) is 366 Å². The van der Waals surface area contributed by atoms with Gasteiger partial charge in [0.1, 0.15) is 36.3 Å². The second kappa shape index (κ2) is 84.0. The molecule has 0 saturated carbocycles. The minimum atomic E-state index is -0.684. The number of amides is 13. The third kappa shape index (κ3) is 69.9. The molecule has 0 radical (unpaired) electrons. The maximum atomic E-state index is 13.4. The normalized spacial score (nSPS) is 12.9. The number of hydrogen-bond donors (Lipinski definition) is 21. The summed E-state index contributed by atoms with van der Waals surface area (Å²) in [5.41, 5.74) is 51.2. The van der Waals surface area contributed by atoms with Crippen molar-refractivity contribution < 1.29 is 62.3 Å². The van der Waals surface area contributed by atoms with Crippen molar-refractivity contribution in [3.63, 3.8) is 0 Å². The first kappa shape index (κ1) is 117. The molecule has 0 saturated heterocycles. The van der Waals surface area contributed by atoms with E-state index in [0.29, 0.717) is 226 Å². The summed E-state index contributed by atoms with van der Waals surface area (Å²) in [4.78, 5) is 168. The summed E-state index contributed by atoms with van der Waals surface area (Å²) in [6.45, 7) is 6.44. The summed E-state index contributed by atoms with van der Waals surface area (Å²) in [6, 6.07) is -4.46. The fourth-order valence-corrected chi connectivity index (χ4v) is 14.5. The van der Waals surface area contributed by atoms with E-state index in [-0.39, 0.29) is 83.7 Å². The Kier molecular flexibility index (Phi) is 79.1. The predicted molar refractivity (Wildman–Crippen MR) is 493 cm³/mol. The molecule has 34 nitrogen and oxygen atoms in total. The third-order valence-corrected chi connectivity index (χ3v) is 22.2. The Morgan fingerprint density at radius 2 is 0.331 bits per heavy atom. The van der Waals surface area contributed by atoms with Crippen LogP contribution >= 0.6 is 0 Å². The Hall–Kier alpha value is -7.21. The van der Waals surface area contributed by atoms with Gasteiger partial charge in [-0.05, 0) is 251 Å². The molecule has 0 aliphatic rings. The standard InChI is InChI=1S/C90H177N21O13/c91-58-32-25-45-71(98)85(119)100-65-39-13-1-8-20-53-79(113)107-73(47-27-34-60-93)87(121)102-67-41-15-3-10-22-55-81(115)109-75(49-29-36-62-95)89(123)104-69-43-17-5-12-24-57-83(117)111-77(51-31-38-64-97)90(124)105-70-44-18-6-11-23-56-82(116)110-76(50-30-37-63-96)88(122)103-68-42-16-4-9-21-54-80(114)108-74(48-28-35-61-94)86(120)101-66-40-14-2-7-19-52-78(112)106-72(84(99)118)46-26-33-59-92/h71-77H,1-70,91-98H2,(H2,99,118)(H,100,119)(H,101,120)(H,102,121)(H,103,122)(H,104,123)(H,105,124)(H,106,112)(H,107,113)(H,108,114)(H,109,115)(H,110,116)(H,111,117). The minimum absolute atomic E-state index is 0.133. The van der Waals surface area contributed by atoms with Crippen LogP contribution in [0.25, 0.3) is 0 Å². The molecule has 0 spiro atoms. The minimum Gasteiger partial charge on any atom is -0.368 e. The molecule has 7 atom stereocenters. The number of unbranched alkanes of at least 4 members (excludes halogenated alkanes) is 31. The summed E-state index contributed by atoms with van der Waals surface area (Å²) >= 11 is 0. The zero-order valence-corrected chi connectivity index (χ0v) is 76.5. The van der Waals surface area contributed by atoms with Gasteiger partial charge >= 0.3 is 0 Å². The van der Waals surface area contributed by atoms with Crippen molar-refractivity contribution in [1.29, 1.82) is 0 Å². The lowest BCUT2D eigenvalue weighted by molar-refractivity contribution is -0.129. The van der Waals surface area contributed by atoms with E-state index >= 15 is 0 Å². The van der Waals surface area contributed by atoms with Crippen LogP contribution in [-0.2, 0) is 62.3 Å². The fourth-order valence-electron chi connectivity index (χ4n) is 14.5. The van der Waals surface area contributed by atoms with Crippen LogP contribution in [-0.4, -0.2) is 204 Å². The Morgan fingerprint density at radius 3 is 0.516 bits per heavy atom. The van der Waals surface area contributed by atoms with Gasteiger partial charge in [0.25, 0.3) is 0 Å². The van der Waals surface area contributed by atoms with Crippen LogP contribution in [0, 0.1) is 0 Å². The molecule has 0 aromatic carbocycles. The number of carbonyl (C=O) groups is 13. The average molecular weight is 1760 g/mol. The lowest BCUT2D eigenvalue weighted by Crippen LogP contribution is -2.47. The van der Waals surface area contributed by atoms with Crippen LogP contribution in [0.3, 0.4) is 0 Å². The smallest absolute Gasteiger partial charge is 0.242 e. The van der Waals surface area contributed by atoms with E-state index in [0.717, 1.165) is 212 Å². The molecular formula is C90H177N21O13. The van der Waals surface area contributed by atoms with Gasteiger partial charge in [0.15, 0.2) is 0 Å². The van der Waals surface area contributed by atoms with E-state index in [1.54, 1.807) is 0 Å². The van der Waals surface area contributed by atoms with Crippen molar-refractivity contribution in [2.45, 2.75) is 408 Å². The lowest BCUT2D eigenvalue weighted by atomic mass is 10.1. The predicted octanol–water partition coefficient (Wildman–Crippen LogP) is 5.35. The SMILES string of the molecule is NCCCCC(N)C(=O)NCCCCCCCC(=O)NC(CCCCN)C(=O)NCCCCCCCC(=O)NC(CCCCN)C(=O)NCCCCCCCC(=O)NC(CCCCN)C(=O)NCCCCCCCC(=O)NC(CCCCN)C(=O)NCCCCCCCC(=O)NC(CCCCN)C(=O)NCCCCCCCC(=O)NC(CCCCN)C(N)=O. The topological polar surface area (TPSA) is 600 Å². The first-order valence-corrected chi connectivity index (χ1v) is 48.5. The molecule has 124 heavy (non-hydrogen) atoms. The summed E-state index contributed by atoms with van der Waals surface area (Å²) in [7, 11) is 0. The van der Waals surface area contributed by atoms with Gasteiger partial charge in [-0.15, -0.1) is 0 Å². The van der Waals surface area contributed by atoms with E-state index in [1.165, 1.54) is 0 Å². The van der Waals surface area contributed by atoms with Crippen LogP contribution in [0.4, 0.5) is 0 Å². The molecule has 0 fully saturated rings. The van der Waals surface area contributed by atoms with E-state index in [9.17, 15) is 62.3 Å². The molecule has 720 valence electrons. The molecule has 30 N–H and O–H groups in total. The first-order chi connectivity index (χ1) is 60.1. The Morgan fingerprint density at radius 1 is 0.177 bits per heavy atom. The van der Waals surface area contributed by atoms with Gasteiger partial charge in [0, 0.05) is 77.8 Å². The van der Waals surface area contributed by atoms with Crippen LogP contribution in [0.15, 0.2) is 0 Å². The average Bonchev–Trinajstić information content (AvgIpc) is 0.938. The van der Waals surface area contributed by atoms with Gasteiger partial charge in [-0.25, -0.2) is 0 Å². The molecular weight excluding hydrogens is 1580 g/mol. The van der Waals surface area contributed by atoms with Gasteiger partial charge in [-0.1, -0.05) is 122 Å². The van der Waals surface area contributed by atoms with E-state index < -0.39 is 48.2 Å². The van der Waals surface area contributed by atoms with Crippen molar-refractivity contribution >= 4 is 76.8 Å². The highest BCUT2D eigenvalue weighted by molar-refractivity contribution is 5.91. The van der Waals surface area contributed by atoms with Gasteiger partial charge in [-0.3, -0.25) is 62.3 Å². The van der Waals surface area contributed by atoms with E-state index in [2.05, 4.69) is 63.8 Å². The number of nitrogens with one attached hydrogen (secondary N) is 12. The quantitative estimate of drug-likeness (QED) is 0.0341. The van der Waals surface area contributed by atoms with E-state index in [4.69, 9.17) is 51.6 Å². The zero-order valence-electron chi connectivity index (χ0n) is 76.5. The summed E-state index contributed by atoms with van der Waals surface area (Å²) < 4.78 is 0. The Bertz CT molecular complexity index is 2800. The number of nitrogens with two attached hydrogens (primary N) is 9. The second-order valence-electron chi connectivity index (χ2n) is 33.6. The maximum absolute atomic E-state index is 13.4. The Balaban J connectivity index is 4.62. The highest BCUT2D eigenvalue weighted by Gasteiger charge is 2.26. The van der Waals surface area contributed by atoms with Gasteiger partial charge in [-0.2, -0.15) is 0 Å². The van der Waals surface area contributed by atoms with Crippen molar-refractivity contribution in [2.75, 3.05) is 85.1 Å². The zero-order chi connectivity index (χ0) is 91.5. The van der Waals surface area contributed by atoms with Crippen LogP contribution in [0.5, 0.6) is 0 Å². The maximum Gasteiger partial charge on any atom is 0.242 e. The van der Waals surface area contributed by atoms with Gasteiger partial charge in [0.05, 0.1) is 6.04 Å². The molecule has 0 aromatic heterocycles. The monoisotopic (exact) mass is 1760 g/mol. The molecule has 0 heterocycles. The van der Waals surface area contributed by atoms with Crippen molar-refractivity contribution in [3.8, 4) is 0 Å². The summed E-state index contributed by atoms with van der Waals surface area (Å²) in [5, 5.41) is 35.3. The number of carbonyl (C=O) groups excluding carboxylic acids is 13. The third-order valence-electron chi connectivity index (χ3n) is 22.2. The number of primary amides is 1. The highest BCUT2D eigenvalue weighted by Crippen LogP contribution is 2.16. The summed E-state index contributed by atoms with van der Waals surface area (Å²) in [6.07, 6.45) is 39.7. The molecule has 0 aliphatic heterocycles. The lowest BCUT2D eigenvalue weighted by Gasteiger charge is -2.19. The van der Waals surface area contributed by atoms with Gasteiger partial charge in [0.2, 0.25) is 76.8 Å². The van der Waals surface area contributed by atoms with E-state index in [1.807, 2.05) is 0 Å². The summed E-state index contributed by atoms with van der Waals surface area (Å²) in [5.74, 6) is -2.82. The molecule has 0 aliphatic carbocycles. The van der Waals surface area contributed by atoms with Crippen molar-refractivity contribution in [3.05, 3.63) is 0 Å². The first-order valence-electron chi connectivity index (χ1n) is 48.5. The molecule has 13 amide bonds. The number of rotatable bonds is 89. The Labute approximate surface area is 744 Å². The molecule has 34 heteroatoms. The molecule has 0 aromatic rings. The molecule has 7 unspecified atom stereocenters. The van der Waals surface area contributed by atoms with Crippen LogP contribution in [0.2, 0.25) is 0 Å². The van der Waals surface area contributed by atoms with Crippen molar-refractivity contribution in [2.24, 2.45) is 51.6 Å². The fraction of sp³-hybridized carbons (Fsp3) is 0.856.